The summed E-state index contributed by atoms with van der Waals surface area (Å²) in [6, 6.07) is 3.70. The number of benzene rings is 1. The molecule has 0 atom stereocenters. The van der Waals surface area contributed by atoms with Crippen molar-refractivity contribution in [3.05, 3.63) is 23.3 Å². The monoisotopic (exact) mass is 276 g/mol. The van der Waals surface area contributed by atoms with E-state index in [2.05, 4.69) is 0 Å². The highest BCUT2D eigenvalue weighted by Gasteiger charge is 2.18. The number of hydrogen-bond donors (Lipinski definition) is 0. The molecule has 1 aromatic rings. The quantitative estimate of drug-likeness (QED) is 0.792. The van der Waals surface area contributed by atoms with Gasteiger partial charge < -0.3 is 14.2 Å². The summed E-state index contributed by atoms with van der Waals surface area (Å²) in [5.74, 6) is 1.99. The largest absolute Gasteiger partial charge is 0.493 e. The fraction of sp³-hybridized carbons (Fsp3) is 0.438. The van der Waals surface area contributed by atoms with Crippen molar-refractivity contribution in [3.8, 4) is 17.2 Å². The van der Waals surface area contributed by atoms with E-state index in [9.17, 15) is 4.79 Å². The Morgan fingerprint density at radius 1 is 0.950 bits per heavy atom. The van der Waals surface area contributed by atoms with Crippen molar-refractivity contribution in [2.24, 2.45) is 0 Å². The highest BCUT2D eigenvalue weighted by Crippen LogP contribution is 2.41. The van der Waals surface area contributed by atoms with Crippen molar-refractivity contribution in [3.63, 3.8) is 0 Å². The fourth-order valence-electron chi connectivity index (χ4n) is 2.48. The summed E-state index contributed by atoms with van der Waals surface area (Å²) in [5.41, 5.74) is 1.71. The van der Waals surface area contributed by atoms with E-state index in [1.54, 1.807) is 21.3 Å². The normalized spacial score (nSPS) is 17.1. The Morgan fingerprint density at radius 2 is 1.65 bits per heavy atom. The zero-order chi connectivity index (χ0) is 14.5. The van der Waals surface area contributed by atoms with E-state index < -0.39 is 0 Å². The van der Waals surface area contributed by atoms with Crippen LogP contribution < -0.4 is 14.2 Å². The Kier molecular flexibility index (Phi) is 4.66. The smallest absolute Gasteiger partial charge is 0.203 e. The van der Waals surface area contributed by atoms with Gasteiger partial charge in [-0.25, -0.2) is 0 Å². The van der Waals surface area contributed by atoms with E-state index in [1.165, 1.54) is 0 Å². The molecule has 0 N–H and O–H groups in total. The van der Waals surface area contributed by atoms with Gasteiger partial charge >= 0.3 is 0 Å². The number of hydrogen-bond acceptors (Lipinski definition) is 4. The summed E-state index contributed by atoms with van der Waals surface area (Å²) in [6.45, 7) is 0. The van der Waals surface area contributed by atoms with Crippen LogP contribution >= 0.6 is 0 Å². The van der Waals surface area contributed by atoms with Crippen LogP contribution in [0, 0.1) is 0 Å². The molecule has 2 rings (SSSR count). The third-order valence-electron chi connectivity index (χ3n) is 3.52. The predicted octanol–water partition coefficient (Wildman–Crippen LogP) is 3.24. The lowest BCUT2D eigenvalue weighted by atomic mass is 9.92. The second-order valence-electron chi connectivity index (χ2n) is 4.72. The molecule has 1 saturated carbocycles. The van der Waals surface area contributed by atoms with Gasteiger partial charge in [0.25, 0.3) is 0 Å². The molecule has 0 aliphatic heterocycles. The number of methoxy groups -OCH3 is 3. The molecule has 0 saturated heterocycles. The Bertz CT molecular complexity index is 532. The van der Waals surface area contributed by atoms with Gasteiger partial charge in [-0.05, 0) is 43.0 Å². The van der Waals surface area contributed by atoms with E-state index in [0.29, 0.717) is 23.7 Å². The van der Waals surface area contributed by atoms with Crippen molar-refractivity contribution < 1.29 is 19.0 Å². The Labute approximate surface area is 119 Å². The number of ketones is 1. The average molecular weight is 276 g/mol. The predicted molar refractivity (Wildman–Crippen MR) is 77.6 cm³/mol. The van der Waals surface area contributed by atoms with Crippen LogP contribution in [-0.2, 0) is 4.79 Å². The number of carbonyl (C=O) groups is 1. The van der Waals surface area contributed by atoms with Gasteiger partial charge in [0.1, 0.15) is 0 Å². The Morgan fingerprint density at radius 3 is 2.25 bits per heavy atom. The molecular formula is C16H20O4. The maximum Gasteiger partial charge on any atom is 0.203 e. The highest BCUT2D eigenvalue weighted by molar-refractivity contribution is 6.00. The lowest BCUT2D eigenvalue weighted by Gasteiger charge is -2.16. The molecule has 4 heteroatoms. The summed E-state index contributed by atoms with van der Waals surface area (Å²) in [4.78, 5) is 11.9. The number of rotatable bonds is 4. The van der Waals surface area contributed by atoms with E-state index in [1.807, 2.05) is 18.2 Å². The number of Topliss-reactive ketones (excluding diaryl/α,β-unsaturated/α-hetero) is 1. The standard InChI is InChI=1S/C16H20O4/c1-18-14-9-8-12(15(19-2)16(14)20-3)10-11-6-4-5-7-13(11)17/h8-10H,4-7H2,1-3H3. The minimum absolute atomic E-state index is 0.230. The van der Waals surface area contributed by atoms with Gasteiger partial charge in [-0.2, -0.15) is 0 Å². The van der Waals surface area contributed by atoms with Crippen molar-refractivity contribution in [2.75, 3.05) is 21.3 Å². The maximum absolute atomic E-state index is 11.9. The first-order chi connectivity index (χ1) is 9.71. The lowest BCUT2D eigenvalue weighted by molar-refractivity contribution is -0.116. The van der Waals surface area contributed by atoms with Crippen molar-refractivity contribution in [1.82, 2.24) is 0 Å². The van der Waals surface area contributed by atoms with E-state index in [4.69, 9.17) is 14.2 Å². The molecule has 0 unspecified atom stereocenters. The van der Waals surface area contributed by atoms with Crippen LogP contribution in [0.4, 0.5) is 0 Å². The molecule has 4 nitrogen and oxygen atoms in total. The van der Waals surface area contributed by atoms with E-state index in [0.717, 1.165) is 30.4 Å². The molecule has 1 aliphatic rings. The van der Waals surface area contributed by atoms with Gasteiger partial charge in [0.2, 0.25) is 5.75 Å². The molecule has 0 bridgehead atoms. The van der Waals surface area contributed by atoms with Gasteiger partial charge in [-0.1, -0.05) is 0 Å². The molecule has 1 aliphatic carbocycles. The molecule has 0 aromatic heterocycles. The zero-order valence-corrected chi connectivity index (χ0v) is 12.2. The summed E-state index contributed by atoms with van der Waals surface area (Å²) < 4.78 is 16.0. The minimum atomic E-state index is 0.230. The van der Waals surface area contributed by atoms with Crippen LogP contribution in [0.5, 0.6) is 17.2 Å². The second-order valence-corrected chi connectivity index (χ2v) is 4.72. The first kappa shape index (κ1) is 14.4. The average Bonchev–Trinajstić information content (AvgIpc) is 2.48. The van der Waals surface area contributed by atoms with Crippen LogP contribution in [0.15, 0.2) is 17.7 Å². The lowest BCUT2D eigenvalue weighted by Crippen LogP contribution is -2.08. The summed E-state index contributed by atoms with van der Waals surface area (Å²) >= 11 is 0. The topological polar surface area (TPSA) is 44.8 Å². The Balaban J connectivity index is 2.46. The zero-order valence-electron chi connectivity index (χ0n) is 12.2. The van der Waals surface area contributed by atoms with Crippen LogP contribution in [0.2, 0.25) is 0 Å². The van der Waals surface area contributed by atoms with Gasteiger partial charge in [-0.15, -0.1) is 0 Å². The SMILES string of the molecule is COc1ccc(C=C2CCCCC2=O)c(OC)c1OC. The number of carbonyl (C=O) groups excluding carboxylic acids is 1. The molecule has 108 valence electrons. The third kappa shape index (κ3) is 2.79. The summed E-state index contributed by atoms with van der Waals surface area (Å²) in [7, 11) is 4.74. The molecule has 0 radical (unpaired) electrons. The summed E-state index contributed by atoms with van der Waals surface area (Å²) in [6.07, 6.45) is 5.42. The fourth-order valence-corrected chi connectivity index (χ4v) is 2.48. The van der Waals surface area contributed by atoms with Crippen molar-refractivity contribution >= 4 is 11.9 Å². The summed E-state index contributed by atoms with van der Waals surface area (Å²) in [5, 5.41) is 0. The van der Waals surface area contributed by atoms with Crippen LogP contribution in [0.3, 0.4) is 0 Å². The molecule has 20 heavy (non-hydrogen) atoms. The molecule has 1 fully saturated rings. The minimum Gasteiger partial charge on any atom is -0.493 e. The molecule has 0 amide bonds. The van der Waals surface area contributed by atoms with Crippen molar-refractivity contribution in [1.29, 1.82) is 0 Å². The maximum atomic E-state index is 11.9. The number of allylic oxidation sites excluding steroid dienone is 1. The van der Waals surface area contributed by atoms with Crippen molar-refractivity contribution in [2.45, 2.75) is 25.7 Å². The van der Waals surface area contributed by atoms with E-state index in [-0.39, 0.29) is 5.78 Å². The second kappa shape index (κ2) is 6.46. The first-order valence-corrected chi connectivity index (χ1v) is 6.74. The third-order valence-corrected chi connectivity index (χ3v) is 3.52. The molecule has 0 heterocycles. The molecule has 1 aromatic carbocycles. The van der Waals surface area contributed by atoms with Gasteiger partial charge in [0.05, 0.1) is 21.3 Å². The van der Waals surface area contributed by atoms with Crippen LogP contribution in [0.25, 0.3) is 6.08 Å². The highest BCUT2D eigenvalue weighted by atomic mass is 16.5. The van der Waals surface area contributed by atoms with E-state index >= 15 is 0 Å². The van der Waals surface area contributed by atoms with Gasteiger partial charge in [0, 0.05) is 12.0 Å². The number of ether oxygens (including phenoxy) is 3. The first-order valence-electron chi connectivity index (χ1n) is 6.74. The van der Waals surface area contributed by atoms with Gasteiger partial charge in [0.15, 0.2) is 17.3 Å². The van der Waals surface area contributed by atoms with Crippen LogP contribution in [-0.4, -0.2) is 27.1 Å². The molecular weight excluding hydrogens is 256 g/mol. The van der Waals surface area contributed by atoms with Crippen LogP contribution in [0.1, 0.15) is 31.2 Å². The Hall–Kier alpha value is -1.97. The van der Waals surface area contributed by atoms with Gasteiger partial charge in [-0.3, -0.25) is 4.79 Å². The molecule has 0 spiro atoms.